The van der Waals surface area contributed by atoms with Gasteiger partial charge in [0.25, 0.3) is 5.91 Å². The average molecular weight is 463 g/mol. The van der Waals surface area contributed by atoms with Crippen molar-refractivity contribution < 1.29 is 9.53 Å². The number of hydrogen-bond acceptors (Lipinski definition) is 4. The van der Waals surface area contributed by atoms with E-state index in [1.165, 1.54) is 0 Å². The van der Waals surface area contributed by atoms with Crippen LogP contribution in [-0.4, -0.2) is 59.5 Å². The summed E-state index contributed by atoms with van der Waals surface area (Å²) in [6.07, 6.45) is 3.87. The van der Waals surface area contributed by atoms with Crippen LogP contribution in [0.3, 0.4) is 0 Å². The van der Waals surface area contributed by atoms with Gasteiger partial charge in [-0.2, -0.15) is 5.10 Å². The zero-order valence-corrected chi connectivity index (χ0v) is 19.1. The fourth-order valence-corrected chi connectivity index (χ4v) is 4.37. The first-order valence-corrected chi connectivity index (χ1v) is 11.2. The molecule has 1 aromatic carbocycles. The normalized spacial score (nSPS) is 16.2. The number of morpholine rings is 1. The molecule has 0 saturated carbocycles. The topological polar surface area (TPSA) is 59.4 Å². The number of halogens is 1. The van der Waals surface area contributed by atoms with E-state index in [2.05, 4.69) is 45.1 Å². The Bertz CT molecular complexity index is 796. The van der Waals surface area contributed by atoms with Gasteiger partial charge in [-0.1, -0.05) is 42.6 Å². The molecule has 29 heavy (non-hydrogen) atoms. The van der Waals surface area contributed by atoms with Crippen molar-refractivity contribution in [2.45, 2.75) is 39.7 Å². The zero-order chi connectivity index (χ0) is 20.8. The van der Waals surface area contributed by atoms with Crippen molar-refractivity contribution in [3.8, 4) is 5.69 Å². The number of carbonyl (C=O) groups is 1. The van der Waals surface area contributed by atoms with Crippen molar-refractivity contribution in [2.24, 2.45) is 5.92 Å². The van der Waals surface area contributed by atoms with Crippen LogP contribution in [0.2, 0.25) is 0 Å². The highest BCUT2D eigenvalue weighted by Gasteiger charge is 2.27. The second-order valence-electron chi connectivity index (χ2n) is 7.53. The van der Waals surface area contributed by atoms with E-state index in [1.54, 1.807) is 6.20 Å². The number of nitrogens with one attached hydrogen (secondary N) is 1. The maximum atomic E-state index is 12.9. The summed E-state index contributed by atoms with van der Waals surface area (Å²) < 4.78 is 8.34. The summed E-state index contributed by atoms with van der Waals surface area (Å²) in [5, 5.41) is 7.61. The molecule has 7 heteroatoms. The number of nitrogens with zero attached hydrogens (tertiary/aromatic N) is 3. The summed E-state index contributed by atoms with van der Waals surface area (Å²) in [5.74, 6) is 0.495. The van der Waals surface area contributed by atoms with Crippen LogP contribution in [-0.2, 0) is 4.74 Å². The molecule has 1 amide bonds. The molecule has 0 bridgehead atoms. The van der Waals surface area contributed by atoms with E-state index in [4.69, 9.17) is 4.74 Å². The lowest BCUT2D eigenvalue weighted by Gasteiger charge is -2.38. The molecule has 3 rings (SSSR count). The smallest absolute Gasteiger partial charge is 0.254 e. The molecule has 0 aliphatic carbocycles. The summed E-state index contributed by atoms with van der Waals surface area (Å²) in [6, 6.07) is 8.23. The first kappa shape index (κ1) is 22.0. The first-order valence-electron chi connectivity index (χ1n) is 10.5. The largest absolute Gasteiger partial charge is 0.379 e. The molecule has 2 aromatic rings. The van der Waals surface area contributed by atoms with Crippen molar-refractivity contribution >= 4 is 21.8 Å². The summed E-state index contributed by atoms with van der Waals surface area (Å²) in [6.45, 7) is 10.4. The van der Waals surface area contributed by atoms with Gasteiger partial charge in [0, 0.05) is 30.1 Å². The van der Waals surface area contributed by atoms with Crippen LogP contribution in [0.1, 0.15) is 42.7 Å². The van der Waals surface area contributed by atoms with Gasteiger partial charge >= 0.3 is 0 Å². The van der Waals surface area contributed by atoms with Crippen LogP contribution in [0.4, 0.5) is 0 Å². The summed E-state index contributed by atoms with van der Waals surface area (Å²) in [5.41, 5.74) is 2.40. The lowest BCUT2D eigenvalue weighted by atomic mass is 9.92. The number of amides is 1. The Balaban J connectivity index is 1.70. The van der Waals surface area contributed by atoms with Crippen LogP contribution in [0.5, 0.6) is 0 Å². The van der Waals surface area contributed by atoms with E-state index in [0.717, 1.165) is 55.0 Å². The average Bonchev–Trinajstić information content (AvgIpc) is 3.13. The molecule has 1 aliphatic heterocycles. The maximum Gasteiger partial charge on any atom is 0.254 e. The fraction of sp³-hybridized carbons (Fsp3) is 0.545. The molecule has 1 fully saturated rings. The lowest BCUT2D eigenvalue weighted by Crippen LogP contribution is -2.52. The van der Waals surface area contributed by atoms with E-state index >= 15 is 0 Å². The third kappa shape index (κ3) is 5.27. The van der Waals surface area contributed by atoms with Gasteiger partial charge in [0.05, 0.1) is 36.4 Å². The van der Waals surface area contributed by atoms with Crippen LogP contribution in [0.25, 0.3) is 5.69 Å². The number of carbonyl (C=O) groups excluding carboxylic acids is 1. The molecule has 0 spiro atoms. The van der Waals surface area contributed by atoms with Gasteiger partial charge in [-0.15, -0.1) is 0 Å². The van der Waals surface area contributed by atoms with Crippen molar-refractivity contribution in [1.29, 1.82) is 0 Å². The Morgan fingerprint density at radius 3 is 2.48 bits per heavy atom. The molecular formula is C22H31BrN4O2. The van der Waals surface area contributed by atoms with Gasteiger partial charge in [0.15, 0.2) is 0 Å². The van der Waals surface area contributed by atoms with Crippen LogP contribution >= 0.6 is 15.9 Å². The van der Waals surface area contributed by atoms with E-state index in [-0.39, 0.29) is 5.91 Å². The molecule has 1 aromatic heterocycles. The number of rotatable bonds is 8. The Labute approximate surface area is 181 Å². The lowest BCUT2D eigenvalue weighted by molar-refractivity contribution is 0.00191. The Morgan fingerprint density at radius 1 is 1.21 bits per heavy atom. The molecule has 1 atom stereocenters. The highest BCUT2D eigenvalue weighted by atomic mass is 79.9. The molecule has 1 N–H and O–H groups in total. The Kier molecular flexibility index (Phi) is 7.86. The minimum absolute atomic E-state index is 0.0601. The minimum atomic E-state index is -0.0601. The maximum absolute atomic E-state index is 12.9. The van der Waals surface area contributed by atoms with E-state index in [1.807, 2.05) is 35.9 Å². The predicted molar refractivity (Wildman–Crippen MR) is 119 cm³/mol. The number of aromatic nitrogens is 2. The highest BCUT2D eigenvalue weighted by Crippen LogP contribution is 2.21. The highest BCUT2D eigenvalue weighted by molar-refractivity contribution is 9.10. The molecule has 1 aliphatic rings. The van der Waals surface area contributed by atoms with Gasteiger partial charge in [-0.05, 0) is 37.1 Å². The number of benzene rings is 1. The van der Waals surface area contributed by atoms with Crippen molar-refractivity contribution in [2.75, 3.05) is 32.8 Å². The Hall–Kier alpha value is -1.70. The number of hydrogen-bond donors (Lipinski definition) is 1. The summed E-state index contributed by atoms with van der Waals surface area (Å²) in [4.78, 5) is 15.4. The molecule has 1 unspecified atom stereocenters. The monoisotopic (exact) mass is 462 g/mol. The zero-order valence-electron chi connectivity index (χ0n) is 17.5. The van der Waals surface area contributed by atoms with Crippen LogP contribution in [0, 0.1) is 12.8 Å². The van der Waals surface area contributed by atoms with Crippen molar-refractivity contribution in [3.05, 3.63) is 46.2 Å². The number of ether oxygens (including phenoxy) is 1. The second-order valence-corrected chi connectivity index (χ2v) is 8.45. The Morgan fingerprint density at radius 2 is 1.86 bits per heavy atom. The van der Waals surface area contributed by atoms with E-state index in [0.29, 0.717) is 24.1 Å². The quantitative estimate of drug-likeness (QED) is 0.647. The molecule has 0 radical (unpaired) electrons. The van der Waals surface area contributed by atoms with Gasteiger partial charge < -0.3 is 10.1 Å². The fourth-order valence-electron chi connectivity index (χ4n) is 4.10. The molecule has 6 nitrogen and oxygen atoms in total. The van der Waals surface area contributed by atoms with Gasteiger partial charge in [-0.3, -0.25) is 9.69 Å². The molecule has 158 valence electrons. The van der Waals surface area contributed by atoms with E-state index < -0.39 is 0 Å². The van der Waals surface area contributed by atoms with Gasteiger partial charge in [0.2, 0.25) is 0 Å². The van der Waals surface area contributed by atoms with Crippen LogP contribution < -0.4 is 5.32 Å². The SMILES string of the molecule is CCC(CC)C(CNC(=O)c1cnn(-c2ccc(Br)cc2)c1C)N1CCOCC1. The minimum Gasteiger partial charge on any atom is -0.379 e. The third-order valence-electron chi connectivity index (χ3n) is 5.90. The standard InChI is InChI=1S/C22H31BrN4O2/c1-4-17(5-2)21(26-10-12-29-13-11-26)15-24-22(28)20-14-25-27(16(20)3)19-8-6-18(23)7-9-19/h6-9,14,17,21H,4-5,10-13,15H2,1-3H3,(H,24,28). The van der Waals surface area contributed by atoms with Gasteiger partial charge in [0.1, 0.15) is 0 Å². The van der Waals surface area contributed by atoms with Crippen molar-refractivity contribution in [3.63, 3.8) is 0 Å². The third-order valence-corrected chi connectivity index (χ3v) is 6.43. The summed E-state index contributed by atoms with van der Waals surface area (Å²) >= 11 is 3.45. The summed E-state index contributed by atoms with van der Waals surface area (Å²) in [7, 11) is 0. The first-order chi connectivity index (χ1) is 14.0. The predicted octanol–water partition coefficient (Wildman–Crippen LogP) is 3.81. The molecule has 1 saturated heterocycles. The second kappa shape index (κ2) is 10.4. The van der Waals surface area contributed by atoms with E-state index in [9.17, 15) is 4.79 Å². The molecular weight excluding hydrogens is 432 g/mol. The van der Waals surface area contributed by atoms with Crippen LogP contribution in [0.15, 0.2) is 34.9 Å². The molecule has 2 heterocycles. The van der Waals surface area contributed by atoms with Gasteiger partial charge in [-0.25, -0.2) is 4.68 Å². The van der Waals surface area contributed by atoms with Crippen molar-refractivity contribution in [1.82, 2.24) is 20.0 Å².